The maximum absolute atomic E-state index is 9.02. The molecule has 0 saturated heterocycles. The van der Waals surface area contributed by atoms with Crippen molar-refractivity contribution in [2.75, 3.05) is 13.2 Å². The molecule has 0 bridgehead atoms. The highest BCUT2D eigenvalue weighted by Gasteiger charge is 2.28. The first-order chi connectivity index (χ1) is 7.19. The molecule has 4 N–H and O–H groups in total. The van der Waals surface area contributed by atoms with Gasteiger partial charge in [-0.3, -0.25) is 0 Å². The Kier molecular flexibility index (Phi) is 5.58. The van der Waals surface area contributed by atoms with Gasteiger partial charge < -0.3 is 16.2 Å². The van der Waals surface area contributed by atoms with Crippen LogP contribution >= 0.6 is 0 Å². The molecule has 0 radical (unpaired) electrons. The molecular formula is C12H26N2O. The van der Waals surface area contributed by atoms with Gasteiger partial charge in [0.05, 0.1) is 0 Å². The fraction of sp³-hybridized carbons (Fsp3) is 1.00. The zero-order valence-corrected chi connectivity index (χ0v) is 10.1. The topological polar surface area (TPSA) is 58.3 Å². The quantitative estimate of drug-likeness (QED) is 0.621. The predicted octanol–water partition coefficient (Wildman–Crippen LogP) is 1.11. The van der Waals surface area contributed by atoms with E-state index < -0.39 is 0 Å². The normalized spacial score (nSPS) is 28.6. The lowest BCUT2D eigenvalue weighted by atomic mass is 9.97. The van der Waals surface area contributed by atoms with Crippen molar-refractivity contribution in [2.45, 2.75) is 51.6 Å². The van der Waals surface area contributed by atoms with Crippen molar-refractivity contribution in [3.63, 3.8) is 0 Å². The van der Waals surface area contributed by atoms with Gasteiger partial charge in [0.15, 0.2) is 0 Å². The summed E-state index contributed by atoms with van der Waals surface area (Å²) < 4.78 is 0. The summed E-state index contributed by atoms with van der Waals surface area (Å²) in [5.41, 5.74) is 5.76. The molecule has 3 nitrogen and oxygen atoms in total. The summed E-state index contributed by atoms with van der Waals surface area (Å²) in [5.74, 6) is 1.22. The molecule has 90 valence electrons. The molecular weight excluding hydrogens is 188 g/mol. The van der Waals surface area contributed by atoms with Gasteiger partial charge in [0.2, 0.25) is 0 Å². The Bertz CT molecular complexity index is 173. The van der Waals surface area contributed by atoms with Gasteiger partial charge in [-0.1, -0.05) is 20.3 Å². The van der Waals surface area contributed by atoms with E-state index >= 15 is 0 Å². The number of hydrogen-bond acceptors (Lipinski definition) is 3. The highest BCUT2D eigenvalue weighted by molar-refractivity contribution is 4.87. The van der Waals surface area contributed by atoms with Crippen LogP contribution in [-0.2, 0) is 0 Å². The molecule has 1 saturated carbocycles. The fourth-order valence-electron chi connectivity index (χ4n) is 2.56. The Balaban J connectivity index is 2.42. The van der Waals surface area contributed by atoms with Gasteiger partial charge in [0.1, 0.15) is 0 Å². The number of aliphatic hydroxyl groups is 1. The molecule has 1 aliphatic carbocycles. The van der Waals surface area contributed by atoms with E-state index in [0.29, 0.717) is 23.9 Å². The zero-order valence-electron chi connectivity index (χ0n) is 10.1. The average Bonchev–Trinajstić information content (AvgIpc) is 2.64. The lowest BCUT2D eigenvalue weighted by Gasteiger charge is -2.28. The first kappa shape index (κ1) is 12.9. The Morgan fingerprint density at radius 1 is 1.40 bits per heavy atom. The van der Waals surface area contributed by atoms with Crippen molar-refractivity contribution in [3.8, 4) is 0 Å². The Labute approximate surface area is 93.4 Å². The SMILES string of the molecule is CC(C)C(CCO)NC1CCCC1CN. The van der Waals surface area contributed by atoms with Crippen LogP contribution in [0.15, 0.2) is 0 Å². The summed E-state index contributed by atoms with van der Waals surface area (Å²) in [5, 5.41) is 12.7. The number of rotatable bonds is 6. The van der Waals surface area contributed by atoms with E-state index in [9.17, 15) is 0 Å². The maximum atomic E-state index is 9.02. The summed E-state index contributed by atoms with van der Waals surface area (Å²) in [7, 11) is 0. The standard InChI is InChI=1S/C12H26N2O/c1-9(2)11(6-7-15)14-12-5-3-4-10(12)8-13/h9-12,14-15H,3-8,13H2,1-2H3. The second-order valence-corrected chi connectivity index (χ2v) is 5.06. The van der Waals surface area contributed by atoms with Gasteiger partial charge in [-0.15, -0.1) is 0 Å². The third-order valence-corrected chi connectivity index (χ3v) is 3.63. The number of nitrogens with one attached hydrogen (secondary N) is 1. The van der Waals surface area contributed by atoms with E-state index in [2.05, 4.69) is 19.2 Å². The number of hydrogen-bond donors (Lipinski definition) is 3. The van der Waals surface area contributed by atoms with Gasteiger partial charge in [-0.25, -0.2) is 0 Å². The molecule has 0 aromatic carbocycles. The molecule has 3 atom stereocenters. The molecule has 3 unspecified atom stereocenters. The van der Waals surface area contributed by atoms with Crippen molar-refractivity contribution in [2.24, 2.45) is 17.6 Å². The van der Waals surface area contributed by atoms with Crippen LogP contribution in [0.4, 0.5) is 0 Å². The molecule has 0 amide bonds. The van der Waals surface area contributed by atoms with Crippen LogP contribution in [0, 0.1) is 11.8 Å². The monoisotopic (exact) mass is 214 g/mol. The van der Waals surface area contributed by atoms with Gasteiger partial charge in [0, 0.05) is 18.7 Å². The summed E-state index contributed by atoms with van der Waals surface area (Å²) >= 11 is 0. The highest BCUT2D eigenvalue weighted by atomic mass is 16.3. The second kappa shape index (κ2) is 6.46. The van der Waals surface area contributed by atoms with Crippen molar-refractivity contribution < 1.29 is 5.11 Å². The van der Waals surface area contributed by atoms with Crippen LogP contribution in [0.25, 0.3) is 0 Å². The van der Waals surface area contributed by atoms with Crippen molar-refractivity contribution in [1.29, 1.82) is 0 Å². The third kappa shape index (κ3) is 3.74. The number of aliphatic hydroxyl groups excluding tert-OH is 1. The summed E-state index contributed by atoms with van der Waals surface area (Å²) in [4.78, 5) is 0. The van der Waals surface area contributed by atoms with E-state index in [1.807, 2.05) is 0 Å². The van der Waals surface area contributed by atoms with Crippen LogP contribution in [-0.4, -0.2) is 30.3 Å². The maximum Gasteiger partial charge on any atom is 0.0445 e. The van der Waals surface area contributed by atoms with Gasteiger partial charge in [-0.2, -0.15) is 0 Å². The molecule has 0 aromatic rings. The third-order valence-electron chi connectivity index (χ3n) is 3.63. The van der Waals surface area contributed by atoms with E-state index in [-0.39, 0.29) is 6.61 Å². The first-order valence-corrected chi connectivity index (χ1v) is 6.26. The molecule has 0 aliphatic heterocycles. The summed E-state index contributed by atoms with van der Waals surface area (Å²) in [6.45, 7) is 5.48. The largest absolute Gasteiger partial charge is 0.396 e. The number of nitrogens with two attached hydrogens (primary N) is 1. The van der Waals surface area contributed by atoms with Crippen LogP contribution < -0.4 is 11.1 Å². The highest BCUT2D eigenvalue weighted by Crippen LogP contribution is 2.26. The van der Waals surface area contributed by atoms with E-state index in [0.717, 1.165) is 13.0 Å². The molecule has 0 aromatic heterocycles. The molecule has 0 spiro atoms. The van der Waals surface area contributed by atoms with Gasteiger partial charge in [-0.05, 0) is 37.6 Å². The fourth-order valence-corrected chi connectivity index (χ4v) is 2.56. The molecule has 1 aliphatic rings. The summed E-state index contributed by atoms with van der Waals surface area (Å²) in [6, 6.07) is 1.01. The second-order valence-electron chi connectivity index (χ2n) is 5.06. The van der Waals surface area contributed by atoms with Crippen LogP contribution in [0.2, 0.25) is 0 Å². The minimum Gasteiger partial charge on any atom is -0.396 e. The van der Waals surface area contributed by atoms with E-state index in [1.54, 1.807) is 0 Å². The smallest absolute Gasteiger partial charge is 0.0445 e. The van der Waals surface area contributed by atoms with Crippen molar-refractivity contribution in [3.05, 3.63) is 0 Å². The Morgan fingerprint density at radius 3 is 2.67 bits per heavy atom. The van der Waals surface area contributed by atoms with Crippen molar-refractivity contribution in [1.82, 2.24) is 5.32 Å². The minimum atomic E-state index is 0.274. The van der Waals surface area contributed by atoms with Crippen molar-refractivity contribution >= 4 is 0 Å². The molecule has 1 rings (SSSR count). The predicted molar refractivity (Wildman–Crippen MR) is 63.6 cm³/mol. The molecule has 0 heterocycles. The van der Waals surface area contributed by atoms with E-state index in [4.69, 9.17) is 10.8 Å². The van der Waals surface area contributed by atoms with Crippen LogP contribution in [0.3, 0.4) is 0 Å². The summed E-state index contributed by atoms with van der Waals surface area (Å²) in [6.07, 6.45) is 4.66. The zero-order chi connectivity index (χ0) is 11.3. The molecule has 1 fully saturated rings. The van der Waals surface area contributed by atoms with Crippen LogP contribution in [0.1, 0.15) is 39.5 Å². The van der Waals surface area contributed by atoms with Crippen LogP contribution in [0.5, 0.6) is 0 Å². The lowest BCUT2D eigenvalue weighted by molar-refractivity contribution is 0.226. The minimum absolute atomic E-state index is 0.274. The Morgan fingerprint density at radius 2 is 2.13 bits per heavy atom. The lowest BCUT2D eigenvalue weighted by Crippen LogP contribution is -2.45. The molecule has 3 heteroatoms. The Hall–Kier alpha value is -0.120. The molecule has 15 heavy (non-hydrogen) atoms. The average molecular weight is 214 g/mol. The van der Waals surface area contributed by atoms with E-state index in [1.165, 1.54) is 19.3 Å². The van der Waals surface area contributed by atoms with Gasteiger partial charge >= 0.3 is 0 Å². The first-order valence-electron chi connectivity index (χ1n) is 6.26. The van der Waals surface area contributed by atoms with Gasteiger partial charge in [0.25, 0.3) is 0 Å².